The molecule has 1 rings (SSSR count). The van der Waals surface area contributed by atoms with Gasteiger partial charge in [0.15, 0.2) is 0 Å². The third-order valence-corrected chi connectivity index (χ3v) is 3.08. The highest BCUT2D eigenvalue weighted by atomic mass is 32.2. The maximum Gasteiger partial charge on any atom is 0.317 e. The van der Waals surface area contributed by atoms with E-state index in [1.165, 1.54) is 0 Å². The van der Waals surface area contributed by atoms with Gasteiger partial charge in [-0.05, 0) is 0 Å². The molecule has 2 unspecified atom stereocenters. The van der Waals surface area contributed by atoms with Crippen molar-refractivity contribution in [2.75, 3.05) is 19.6 Å². The largest absolute Gasteiger partial charge is 0.480 e. The molecule has 0 aromatic rings. The minimum Gasteiger partial charge on any atom is -0.480 e. The van der Waals surface area contributed by atoms with Crippen molar-refractivity contribution in [3.8, 4) is 0 Å². The van der Waals surface area contributed by atoms with Crippen molar-refractivity contribution in [3.63, 3.8) is 0 Å². The molecular weight excluding hydrogens is 174 g/mol. The molecule has 1 N–H and O–H groups in total. The average molecular weight is 189 g/mol. The Morgan fingerprint density at radius 2 is 2.00 bits per heavy atom. The Labute approximate surface area is 77.1 Å². The number of carbonyl (C=O) groups is 1. The van der Waals surface area contributed by atoms with Crippen LogP contribution in [-0.2, 0) is 4.79 Å². The number of aliphatic carboxylic acids is 1. The summed E-state index contributed by atoms with van der Waals surface area (Å²) in [4.78, 5) is 12.4. The molecule has 0 radical (unpaired) electrons. The van der Waals surface area contributed by atoms with Gasteiger partial charge in [0.1, 0.15) is 0 Å². The summed E-state index contributed by atoms with van der Waals surface area (Å²) in [6, 6.07) is 0. The van der Waals surface area contributed by atoms with Crippen molar-refractivity contribution >= 4 is 17.7 Å². The van der Waals surface area contributed by atoms with E-state index in [1.807, 2.05) is 16.7 Å². The van der Waals surface area contributed by atoms with Crippen molar-refractivity contribution in [3.05, 3.63) is 0 Å². The van der Waals surface area contributed by atoms with Gasteiger partial charge in [0.2, 0.25) is 0 Å². The molecule has 4 heteroatoms. The molecule has 1 saturated heterocycles. The number of hydrogen-bond acceptors (Lipinski definition) is 3. The Morgan fingerprint density at radius 1 is 1.50 bits per heavy atom. The van der Waals surface area contributed by atoms with Crippen LogP contribution in [0, 0.1) is 0 Å². The number of carboxylic acids is 1. The van der Waals surface area contributed by atoms with Gasteiger partial charge in [0, 0.05) is 23.6 Å². The van der Waals surface area contributed by atoms with E-state index in [4.69, 9.17) is 5.11 Å². The summed E-state index contributed by atoms with van der Waals surface area (Å²) < 4.78 is 0. The normalized spacial score (nSPS) is 31.8. The number of carboxylic acid groups (broad SMARTS) is 1. The van der Waals surface area contributed by atoms with Crippen molar-refractivity contribution < 1.29 is 9.90 Å². The van der Waals surface area contributed by atoms with Gasteiger partial charge in [0.25, 0.3) is 0 Å². The fraction of sp³-hybridized carbons (Fsp3) is 0.875. The lowest BCUT2D eigenvalue weighted by molar-refractivity contribution is -0.138. The molecule has 0 aliphatic carbocycles. The van der Waals surface area contributed by atoms with E-state index in [9.17, 15) is 4.79 Å². The minimum atomic E-state index is -0.721. The number of nitrogens with zero attached hydrogens (tertiary/aromatic N) is 1. The lowest BCUT2D eigenvalue weighted by Gasteiger charge is -2.33. The number of thioether (sulfide) groups is 1. The van der Waals surface area contributed by atoms with Gasteiger partial charge >= 0.3 is 5.97 Å². The van der Waals surface area contributed by atoms with Crippen LogP contribution in [0.5, 0.6) is 0 Å². The highest BCUT2D eigenvalue weighted by Crippen LogP contribution is 2.24. The van der Waals surface area contributed by atoms with Gasteiger partial charge in [-0.15, -0.1) is 0 Å². The summed E-state index contributed by atoms with van der Waals surface area (Å²) in [6.45, 7) is 6.29. The molecule has 0 amide bonds. The van der Waals surface area contributed by atoms with Gasteiger partial charge in [-0.3, -0.25) is 9.69 Å². The van der Waals surface area contributed by atoms with Crippen LogP contribution in [0.3, 0.4) is 0 Å². The highest BCUT2D eigenvalue weighted by Gasteiger charge is 2.23. The topological polar surface area (TPSA) is 40.5 Å². The summed E-state index contributed by atoms with van der Waals surface area (Å²) in [5.41, 5.74) is 0. The SMILES string of the molecule is CC1CN(CC(=O)O)CC(C)S1. The quantitative estimate of drug-likeness (QED) is 0.700. The predicted octanol–water partition coefficient (Wildman–Crippen LogP) is 0.897. The van der Waals surface area contributed by atoms with Crippen LogP contribution in [0.4, 0.5) is 0 Å². The molecule has 1 aliphatic heterocycles. The van der Waals surface area contributed by atoms with Gasteiger partial charge in [-0.25, -0.2) is 0 Å². The second kappa shape index (κ2) is 4.14. The van der Waals surface area contributed by atoms with E-state index in [0.717, 1.165) is 13.1 Å². The fourth-order valence-corrected chi connectivity index (χ4v) is 2.99. The standard InChI is InChI=1S/C8H15NO2S/c1-6-3-9(5-8(10)11)4-7(2)12-6/h6-7H,3-5H2,1-2H3,(H,10,11). The molecule has 12 heavy (non-hydrogen) atoms. The Kier molecular flexibility index (Phi) is 3.40. The zero-order valence-electron chi connectivity index (χ0n) is 7.49. The fourth-order valence-electron chi connectivity index (χ4n) is 1.60. The maximum absolute atomic E-state index is 10.4. The van der Waals surface area contributed by atoms with Crippen LogP contribution in [0.2, 0.25) is 0 Å². The Balaban J connectivity index is 2.38. The second-order valence-electron chi connectivity index (χ2n) is 3.35. The van der Waals surface area contributed by atoms with Gasteiger partial charge in [0.05, 0.1) is 6.54 Å². The smallest absolute Gasteiger partial charge is 0.317 e. The lowest BCUT2D eigenvalue weighted by atomic mass is 10.3. The monoisotopic (exact) mass is 189 g/mol. The zero-order valence-corrected chi connectivity index (χ0v) is 8.30. The summed E-state index contributed by atoms with van der Waals surface area (Å²) in [5.74, 6) is -0.721. The second-order valence-corrected chi connectivity index (χ2v) is 5.23. The van der Waals surface area contributed by atoms with Crippen LogP contribution < -0.4 is 0 Å². The first-order chi connectivity index (χ1) is 5.58. The molecule has 2 atom stereocenters. The molecule has 1 heterocycles. The average Bonchev–Trinajstić information content (AvgIpc) is 1.81. The summed E-state index contributed by atoms with van der Waals surface area (Å²) in [5, 5.41) is 9.72. The van der Waals surface area contributed by atoms with Crippen LogP contribution >= 0.6 is 11.8 Å². The first kappa shape index (κ1) is 9.86. The maximum atomic E-state index is 10.4. The van der Waals surface area contributed by atoms with E-state index in [1.54, 1.807) is 0 Å². The zero-order chi connectivity index (χ0) is 9.14. The molecule has 70 valence electrons. The highest BCUT2D eigenvalue weighted by molar-refractivity contribution is 8.00. The lowest BCUT2D eigenvalue weighted by Crippen LogP contribution is -2.42. The van der Waals surface area contributed by atoms with E-state index < -0.39 is 5.97 Å². The van der Waals surface area contributed by atoms with E-state index in [2.05, 4.69) is 13.8 Å². The minimum absolute atomic E-state index is 0.190. The summed E-state index contributed by atoms with van der Waals surface area (Å²) in [7, 11) is 0. The van der Waals surface area contributed by atoms with Crippen LogP contribution in [0.1, 0.15) is 13.8 Å². The van der Waals surface area contributed by atoms with E-state index >= 15 is 0 Å². The molecule has 0 spiro atoms. The molecular formula is C8H15NO2S. The molecule has 0 aromatic carbocycles. The Morgan fingerprint density at radius 3 is 2.42 bits per heavy atom. The van der Waals surface area contributed by atoms with Crippen LogP contribution in [0.15, 0.2) is 0 Å². The number of hydrogen-bond donors (Lipinski definition) is 1. The van der Waals surface area contributed by atoms with Gasteiger partial charge in [-0.1, -0.05) is 13.8 Å². The van der Waals surface area contributed by atoms with Crippen LogP contribution in [-0.4, -0.2) is 46.1 Å². The predicted molar refractivity (Wildman–Crippen MR) is 50.6 cm³/mol. The Hall–Kier alpha value is -0.220. The van der Waals surface area contributed by atoms with Gasteiger partial charge in [-0.2, -0.15) is 11.8 Å². The summed E-state index contributed by atoms with van der Waals surface area (Å²) >= 11 is 1.94. The van der Waals surface area contributed by atoms with Crippen LogP contribution in [0.25, 0.3) is 0 Å². The molecule has 1 aliphatic rings. The molecule has 0 saturated carbocycles. The van der Waals surface area contributed by atoms with Gasteiger partial charge < -0.3 is 5.11 Å². The third-order valence-electron chi connectivity index (χ3n) is 1.85. The van der Waals surface area contributed by atoms with Crippen molar-refractivity contribution in [2.45, 2.75) is 24.3 Å². The first-order valence-corrected chi connectivity index (χ1v) is 5.12. The third kappa shape index (κ3) is 3.03. The molecule has 0 bridgehead atoms. The molecule has 0 aromatic heterocycles. The van der Waals surface area contributed by atoms with Crippen molar-refractivity contribution in [1.29, 1.82) is 0 Å². The molecule has 1 fully saturated rings. The van der Waals surface area contributed by atoms with Crippen molar-refractivity contribution in [1.82, 2.24) is 4.90 Å². The first-order valence-electron chi connectivity index (χ1n) is 4.17. The Bertz CT molecular complexity index is 164. The summed E-state index contributed by atoms with van der Waals surface area (Å²) in [6.07, 6.45) is 0. The molecule has 3 nitrogen and oxygen atoms in total. The van der Waals surface area contributed by atoms with E-state index in [0.29, 0.717) is 10.5 Å². The van der Waals surface area contributed by atoms with E-state index in [-0.39, 0.29) is 6.54 Å². The van der Waals surface area contributed by atoms with Crippen molar-refractivity contribution in [2.24, 2.45) is 0 Å². The number of rotatable bonds is 2.